The van der Waals surface area contributed by atoms with E-state index in [-0.39, 0.29) is 17.3 Å². The van der Waals surface area contributed by atoms with Crippen molar-refractivity contribution in [3.8, 4) is 11.3 Å². The lowest BCUT2D eigenvalue weighted by molar-refractivity contribution is -0.114. The molecule has 2 aliphatic heterocycles. The summed E-state index contributed by atoms with van der Waals surface area (Å²) in [7, 11) is 6.15. The van der Waals surface area contributed by atoms with Gasteiger partial charge in [-0.3, -0.25) is 9.78 Å². The molecule has 0 amide bonds. The van der Waals surface area contributed by atoms with E-state index in [1.807, 2.05) is 60.2 Å². The average molecular weight is 688 g/mol. The number of nitrogens with zero attached hydrogens (tertiary/aromatic N) is 8. The third-order valence-corrected chi connectivity index (χ3v) is 10.1. The summed E-state index contributed by atoms with van der Waals surface area (Å²) in [6, 6.07) is 16.6. The number of carbonyl (C=O) groups excluding carboxylic acids is 1. The Morgan fingerprint density at radius 2 is 1.90 bits per heavy atom. The van der Waals surface area contributed by atoms with Crippen LogP contribution in [0.1, 0.15) is 49.3 Å². The van der Waals surface area contributed by atoms with Gasteiger partial charge in [0.15, 0.2) is 11.4 Å². The van der Waals surface area contributed by atoms with Crippen molar-refractivity contribution in [1.29, 1.82) is 0 Å². The zero-order chi connectivity index (χ0) is 35.5. The Labute approximate surface area is 300 Å². The Kier molecular flexibility index (Phi) is 10.1. The van der Waals surface area contributed by atoms with Crippen molar-refractivity contribution in [1.82, 2.24) is 34.4 Å². The molecule has 11 nitrogen and oxygen atoms in total. The molecule has 2 fully saturated rings. The summed E-state index contributed by atoms with van der Waals surface area (Å²) in [5.74, 6) is 1.72. The highest BCUT2D eigenvalue weighted by molar-refractivity contribution is 5.97. The summed E-state index contributed by atoms with van der Waals surface area (Å²) < 4.78 is 8.26. The topological polar surface area (TPSA) is 104 Å². The third kappa shape index (κ3) is 7.66. The minimum absolute atomic E-state index is 0.0940. The first-order valence-electron chi connectivity index (χ1n) is 18.0. The number of hydrogen-bond donors (Lipinski definition) is 1. The molecule has 0 unspecified atom stereocenters. The Hall–Kier alpha value is -4.71. The number of anilines is 2. The van der Waals surface area contributed by atoms with Crippen LogP contribution in [0.5, 0.6) is 0 Å². The Morgan fingerprint density at radius 3 is 2.71 bits per heavy atom. The molecule has 0 radical (unpaired) electrons. The van der Waals surface area contributed by atoms with Crippen molar-refractivity contribution in [3.05, 3.63) is 89.8 Å². The number of likely N-dealkylation sites (N-methyl/N-ethyl adjacent to an activating group) is 1. The lowest BCUT2D eigenvalue weighted by atomic mass is 9.89. The van der Waals surface area contributed by atoms with Gasteiger partial charge in [-0.2, -0.15) is 19.6 Å². The number of morpholine rings is 1. The predicted octanol–water partition coefficient (Wildman–Crippen LogP) is 5.61. The maximum Gasteiger partial charge on any atom is 0.230 e. The highest BCUT2D eigenvalue weighted by Crippen LogP contribution is 2.33. The molecule has 7 rings (SSSR count). The third-order valence-electron chi connectivity index (χ3n) is 10.1. The number of fused-ring (bicyclic) bond motifs is 2. The molecular formula is C40H49N9O2. The van der Waals surface area contributed by atoms with Gasteiger partial charge in [0.25, 0.3) is 0 Å². The van der Waals surface area contributed by atoms with Crippen LogP contribution in [-0.2, 0) is 22.5 Å². The molecule has 0 aliphatic carbocycles. The van der Waals surface area contributed by atoms with Crippen LogP contribution in [0, 0.1) is 0 Å². The molecule has 0 saturated carbocycles. The van der Waals surface area contributed by atoms with E-state index in [1.165, 1.54) is 0 Å². The fourth-order valence-corrected chi connectivity index (χ4v) is 7.18. The van der Waals surface area contributed by atoms with Crippen LogP contribution in [0.3, 0.4) is 0 Å². The van der Waals surface area contributed by atoms with Crippen LogP contribution in [0.25, 0.3) is 27.7 Å². The second-order valence-electron chi connectivity index (χ2n) is 14.6. The molecule has 5 aromatic rings. The van der Waals surface area contributed by atoms with Crippen molar-refractivity contribution in [2.45, 2.75) is 51.2 Å². The van der Waals surface area contributed by atoms with Gasteiger partial charge in [-0.25, -0.2) is 0 Å². The largest absolute Gasteiger partial charge is 0.371 e. The first-order valence-corrected chi connectivity index (χ1v) is 18.0. The van der Waals surface area contributed by atoms with Crippen molar-refractivity contribution in [3.63, 3.8) is 0 Å². The molecule has 1 N–H and O–H groups in total. The number of rotatable bonds is 11. The second kappa shape index (κ2) is 14.9. The van der Waals surface area contributed by atoms with Crippen LogP contribution in [0.4, 0.5) is 11.9 Å². The fraction of sp³-hybridized carbons (Fsp3) is 0.425. The zero-order valence-corrected chi connectivity index (χ0v) is 30.5. The van der Waals surface area contributed by atoms with Gasteiger partial charge in [0.2, 0.25) is 11.9 Å². The van der Waals surface area contributed by atoms with E-state index >= 15 is 0 Å². The molecular weight excluding hydrogens is 639 g/mol. The standard InChI is InChI=1S/C40H49N9O2/c1-28(2)35-26-43-49-37(35)44-39(48-21-22-51-40(27-48)15-19-47(5)20-16-40)45-38(49)42-25-31-9-6-7-11-33(31)36-34-13-12-29(23-30(34)14-17-41-36)24-32(50)10-8-18-46(3)4/h6-14,17,23,26,28H,15-16,18-22,24-25,27H2,1-5H3,(H,42,44,45)/b10-8+. The Balaban J connectivity index is 1.16. The molecule has 11 heteroatoms. The van der Waals surface area contributed by atoms with Crippen molar-refractivity contribution >= 4 is 34.1 Å². The number of carbonyl (C=O) groups is 1. The smallest absolute Gasteiger partial charge is 0.230 e. The van der Waals surface area contributed by atoms with Crippen LogP contribution < -0.4 is 10.2 Å². The Bertz CT molecular complexity index is 2040. The molecule has 2 saturated heterocycles. The molecule has 0 bridgehead atoms. The summed E-state index contributed by atoms with van der Waals surface area (Å²) in [6.07, 6.45) is 9.72. The van der Waals surface area contributed by atoms with Gasteiger partial charge < -0.3 is 24.8 Å². The monoisotopic (exact) mass is 687 g/mol. The number of pyridine rings is 1. The SMILES string of the molecule is CC(C)c1cnn2c(NCc3ccccc3-c3nccc4cc(CC(=O)/C=C/CN(C)C)ccc34)nc(N3CCOC4(CCN(C)CC4)C3)nc12. The molecule has 3 aromatic heterocycles. The number of ether oxygens (including phenoxy) is 1. The molecule has 1 spiro atoms. The highest BCUT2D eigenvalue weighted by Gasteiger charge is 2.40. The summed E-state index contributed by atoms with van der Waals surface area (Å²) in [5, 5.41) is 10.5. The van der Waals surface area contributed by atoms with Gasteiger partial charge in [0.05, 0.1) is 30.6 Å². The lowest BCUT2D eigenvalue weighted by Gasteiger charge is -2.46. The van der Waals surface area contributed by atoms with Gasteiger partial charge >= 0.3 is 0 Å². The van der Waals surface area contributed by atoms with E-state index in [4.69, 9.17) is 24.8 Å². The molecule has 2 aromatic carbocycles. The summed E-state index contributed by atoms with van der Waals surface area (Å²) in [5.41, 5.74) is 5.77. The normalized spacial score (nSPS) is 16.7. The first-order chi connectivity index (χ1) is 24.7. The van der Waals surface area contributed by atoms with Crippen LogP contribution >= 0.6 is 0 Å². The average Bonchev–Trinajstić information content (AvgIpc) is 3.57. The number of allylic oxidation sites excluding steroid dienone is 1. The summed E-state index contributed by atoms with van der Waals surface area (Å²) >= 11 is 0. The number of piperidine rings is 1. The van der Waals surface area contributed by atoms with E-state index in [0.717, 1.165) is 89.9 Å². The molecule has 51 heavy (non-hydrogen) atoms. The van der Waals surface area contributed by atoms with Gasteiger partial charge in [0.1, 0.15) is 0 Å². The quantitative estimate of drug-likeness (QED) is 0.177. The number of ketones is 1. The first kappa shape index (κ1) is 34.7. The van der Waals surface area contributed by atoms with Crippen molar-refractivity contribution in [2.75, 3.05) is 70.7 Å². The molecule has 0 atom stereocenters. The number of nitrogens with one attached hydrogen (secondary N) is 1. The van der Waals surface area contributed by atoms with Gasteiger partial charge in [-0.15, -0.1) is 0 Å². The van der Waals surface area contributed by atoms with Crippen LogP contribution in [-0.4, -0.2) is 106 Å². The minimum Gasteiger partial charge on any atom is -0.371 e. The van der Waals surface area contributed by atoms with Crippen molar-refractivity contribution < 1.29 is 9.53 Å². The fourth-order valence-electron chi connectivity index (χ4n) is 7.18. The number of hydrogen-bond acceptors (Lipinski definition) is 10. The number of likely N-dealkylation sites (tertiary alicyclic amines) is 1. The maximum atomic E-state index is 12.6. The molecule has 266 valence electrons. The van der Waals surface area contributed by atoms with Gasteiger partial charge in [-0.1, -0.05) is 62.4 Å². The van der Waals surface area contributed by atoms with E-state index in [2.05, 4.69) is 66.3 Å². The van der Waals surface area contributed by atoms with E-state index in [1.54, 1.807) is 6.08 Å². The highest BCUT2D eigenvalue weighted by atomic mass is 16.5. The minimum atomic E-state index is -0.168. The Morgan fingerprint density at radius 1 is 1.08 bits per heavy atom. The van der Waals surface area contributed by atoms with Crippen molar-refractivity contribution in [2.24, 2.45) is 0 Å². The zero-order valence-electron chi connectivity index (χ0n) is 30.5. The molecule has 5 heterocycles. The van der Waals surface area contributed by atoms with Crippen LogP contribution in [0.15, 0.2) is 73.1 Å². The van der Waals surface area contributed by atoms with E-state index in [9.17, 15) is 4.79 Å². The number of benzene rings is 2. The summed E-state index contributed by atoms with van der Waals surface area (Å²) in [4.78, 5) is 34.4. The lowest BCUT2D eigenvalue weighted by Crippen LogP contribution is -2.56. The van der Waals surface area contributed by atoms with Gasteiger partial charge in [0, 0.05) is 61.9 Å². The summed E-state index contributed by atoms with van der Waals surface area (Å²) in [6.45, 7) is 9.84. The van der Waals surface area contributed by atoms with E-state index < -0.39 is 0 Å². The van der Waals surface area contributed by atoms with Gasteiger partial charge in [-0.05, 0) is 68.6 Å². The predicted molar refractivity (Wildman–Crippen MR) is 203 cm³/mol. The second-order valence-corrected chi connectivity index (χ2v) is 14.6. The maximum absolute atomic E-state index is 12.6. The number of aromatic nitrogens is 5. The van der Waals surface area contributed by atoms with Crippen LogP contribution in [0.2, 0.25) is 0 Å². The molecule has 2 aliphatic rings. The van der Waals surface area contributed by atoms with E-state index in [0.29, 0.717) is 31.5 Å².